The molecule has 0 bridgehead atoms. The summed E-state index contributed by atoms with van der Waals surface area (Å²) in [5.41, 5.74) is 1.85. The van der Waals surface area contributed by atoms with E-state index in [1.165, 1.54) is 0 Å². The zero-order valence-electron chi connectivity index (χ0n) is 11.6. The van der Waals surface area contributed by atoms with Crippen LogP contribution in [0.4, 0.5) is 5.95 Å². The largest absolute Gasteiger partial charge is 0.354 e. The van der Waals surface area contributed by atoms with Gasteiger partial charge < -0.3 is 10.6 Å². The number of carbonyl (C=O) groups is 1. The van der Waals surface area contributed by atoms with Crippen LogP contribution in [0.1, 0.15) is 38.1 Å². The molecule has 1 atom stereocenters. The van der Waals surface area contributed by atoms with Gasteiger partial charge in [-0.3, -0.25) is 4.79 Å². The molecule has 1 amide bonds. The van der Waals surface area contributed by atoms with Gasteiger partial charge in [-0.15, -0.1) is 0 Å². The van der Waals surface area contributed by atoms with Crippen LogP contribution in [0.15, 0.2) is 6.07 Å². The van der Waals surface area contributed by atoms with Crippen molar-refractivity contribution in [1.29, 1.82) is 0 Å². The number of nitrogens with one attached hydrogen (secondary N) is 2. The van der Waals surface area contributed by atoms with Crippen LogP contribution in [-0.4, -0.2) is 28.5 Å². The summed E-state index contributed by atoms with van der Waals surface area (Å²) in [5.74, 6) is 0.644. The summed E-state index contributed by atoms with van der Waals surface area (Å²) in [4.78, 5) is 20.1. The molecule has 18 heavy (non-hydrogen) atoms. The average molecular weight is 250 g/mol. The fraction of sp³-hybridized carbons (Fsp3) is 0.615. The van der Waals surface area contributed by atoms with Gasteiger partial charge in [-0.1, -0.05) is 6.92 Å². The molecule has 5 heteroatoms. The van der Waals surface area contributed by atoms with Gasteiger partial charge in [-0.25, -0.2) is 9.97 Å². The molecule has 0 spiro atoms. The SMILES string of the molecule is CCC(C)NC(=O)CCNc1nc(C)cc(C)n1. The molecule has 1 rings (SSSR count). The van der Waals surface area contributed by atoms with Crippen molar-refractivity contribution in [1.82, 2.24) is 15.3 Å². The smallest absolute Gasteiger partial charge is 0.223 e. The molecule has 0 aliphatic heterocycles. The Kier molecular flexibility index (Phi) is 5.55. The predicted octanol–water partition coefficient (Wildman–Crippen LogP) is 1.81. The molecule has 0 saturated heterocycles. The molecular weight excluding hydrogens is 228 g/mol. The Balaban J connectivity index is 2.35. The minimum absolute atomic E-state index is 0.0567. The van der Waals surface area contributed by atoms with Gasteiger partial charge >= 0.3 is 0 Å². The van der Waals surface area contributed by atoms with Crippen molar-refractivity contribution in [3.63, 3.8) is 0 Å². The van der Waals surface area contributed by atoms with Crippen molar-refractivity contribution in [2.75, 3.05) is 11.9 Å². The summed E-state index contributed by atoms with van der Waals surface area (Å²) in [6.45, 7) is 8.45. The highest BCUT2D eigenvalue weighted by molar-refractivity contribution is 5.76. The number of anilines is 1. The third-order valence-corrected chi connectivity index (χ3v) is 2.64. The molecule has 5 nitrogen and oxygen atoms in total. The van der Waals surface area contributed by atoms with Crippen molar-refractivity contribution >= 4 is 11.9 Å². The summed E-state index contributed by atoms with van der Waals surface area (Å²) >= 11 is 0. The summed E-state index contributed by atoms with van der Waals surface area (Å²) in [6.07, 6.45) is 1.38. The van der Waals surface area contributed by atoms with Crippen LogP contribution < -0.4 is 10.6 Å². The summed E-state index contributed by atoms with van der Waals surface area (Å²) in [7, 11) is 0. The van der Waals surface area contributed by atoms with E-state index in [1.807, 2.05) is 33.8 Å². The van der Waals surface area contributed by atoms with Crippen molar-refractivity contribution in [2.24, 2.45) is 0 Å². The van der Waals surface area contributed by atoms with E-state index in [0.717, 1.165) is 17.8 Å². The fourth-order valence-corrected chi connectivity index (χ4v) is 1.54. The molecule has 2 N–H and O–H groups in total. The zero-order chi connectivity index (χ0) is 13.5. The van der Waals surface area contributed by atoms with Gasteiger partial charge in [0.25, 0.3) is 0 Å². The lowest BCUT2D eigenvalue weighted by atomic mass is 10.2. The quantitative estimate of drug-likeness (QED) is 0.808. The second-order valence-corrected chi connectivity index (χ2v) is 4.53. The molecule has 1 aromatic rings. The van der Waals surface area contributed by atoms with Crippen LogP contribution in [0.3, 0.4) is 0 Å². The highest BCUT2D eigenvalue weighted by atomic mass is 16.1. The first-order valence-electron chi connectivity index (χ1n) is 6.36. The Hall–Kier alpha value is -1.65. The maximum Gasteiger partial charge on any atom is 0.223 e. The monoisotopic (exact) mass is 250 g/mol. The fourth-order valence-electron chi connectivity index (χ4n) is 1.54. The van der Waals surface area contributed by atoms with Gasteiger partial charge in [0.15, 0.2) is 0 Å². The number of carbonyl (C=O) groups excluding carboxylic acids is 1. The topological polar surface area (TPSA) is 66.9 Å². The van der Waals surface area contributed by atoms with E-state index >= 15 is 0 Å². The van der Waals surface area contributed by atoms with Crippen molar-refractivity contribution in [2.45, 2.75) is 46.6 Å². The van der Waals surface area contributed by atoms with Gasteiger partial charge in [0, 0.05) is 30.4 Å². The molecular formula is C13H22N4O. The Morgan fingerprint density at radius 2 is 1.94 bits per heavy atom. The third-order valence-electron chi connectivity index (χ3n) is 2.64. The number of hydrogen-bond donors (Lipinski definition) is 2. The normalized spacial score (nSPS) is 12.0. The minimum atomic E-state index is 0.0567. The van der Waals surface area contributed by atoms with Gasteiger partial charge in [0.1, 0.15) is 0 Å². The summed E-state index contributed by atoms with van der Waals surface area (Å²) in [5, 5.41) is 5.98. The van der Waals surface area contributed by atoms with Crippen LogP contribution in [0.2, 0.25) is 0 Å². The number of amides is 1. The first kappa shape index (κ1) is 14.4. The number of hydrogen-bond acceptors (Lipinski definition) is 4. The van der Waals surface area contributed by atoms with Crippen molar-refractivity contribution in [3.8, 4) is 0 Å². The van der Waals surface area contributed by atoms with Crippen LogP contribution in [0.5, 0.6) is 0 Å². The Labute approximate surface area is 108 Å². The van der Waals surface area contributed by atoms with Crippen molar-refractivity contribution < 1.29 is 4.79 Å². The van der Waals surface area contributed by atoms with Gasteiger partial charge in [0.2, 0.25) is 11.9 Å². The van der Waals surface area contributed by atoms with E-state index in [0.29, 0.717) is 18.9 Å². The van der Waals surface area contributed by atoms with E-state index in [-0.39, 0.29) is 11.9 Å². The van der Waals surface area contributed by atoms with Gasteiger partial charge in [0.05, 0.1) is 0 Å². The van der Waals surface area contributed by atoms with Crippen LogP contribution in [0, 0.1) is 13.8 Å². The van der Waals surface area contributed by atoms with Crippen LogP contribution in [-0.2, 0) is 4.79 Å². The maximum absolute atomic E-state index is 11.5. The number of nitrogens with zero attached hydrogens (tertiary/aromatic N) is 2. The Morgan fingerprint density at radius 1 is 1.33 bits per heavy atom. The summed E-state index contributed by atoms with van der Waals surface area (Å²) in [6, 6.07) is 2.15. The van der Waals surface area contributed by atoms with Gasteiger partial charge in [-0.2, -0.15) is 0 Å². The molecule has 0 aliphatic rings. The molecule has 0 aromatic carbocycles. The van der Waals surface area contributed by atoms with E-state index in [4.69, 9.17) is 0 Å². The first-order valence-corrected chi connectivity index (χ1v) is 6.36. The molecule has 1 unspecified atom stereocenters. The second-order valence-electron chi connectivity index (χ2n) is 4.53. The van der Waals surface area contributed by atoms with E-state index in [2.05, 4.69) is 20.6 Å². The Bertz CT molecular complexity index is 386. The molecule has 1 aromatic heterocycles. The Morgan fingerprint density at radius 3 is 2.50 bits per heavy atom. The highest BCUT2D eigenvalue weighted by Gasteiger charge is 2.05. The van der Waals surface area contributed by atoms with E-state index < -0.39 is 0 Å². The lowest BCUT2D eigenvalue weighted by Gasteiger charge is -2.11. The second kappa shape index (κ2) is 6.93. The number of aromatic nitrogens is 2. The standard InChI is InChI=1S/C13H22N4O/c1-5-9(2)15-12(18)6-7-14-13-16-10(3)8-11(4)17-13/h8-9H,5-7H2,1-4H3,(H,15,18)(H,14,16,17). The highest BCUT2D eigenvalue weighted by Crippen LogP contribution is 2.03. The summed E-state index contributed by atoms with van der Waals surface area (Å²) < 4.78 is 0. The van der Waals surface area contributed by atoms with Crippen LogP contribution in [0.25, 0.3) is 0 Å². The molecule has 0 radical (unpaired) electrons. The van der Waals surface area contributed by atoms with Crippen molar-refractivity contribution in [3.05, 3.63) is 17.5 Å². The first-order chi connectivity index (χ1) is 8.51. The molecule has 0 aliphatic carbocycles. The predicted molar refractivity (Wildman–Crippen MR) is 72.5 cm³/mol. The molecule has 100 valence electrons. The third kappa shape index (κ3) is 5.12. The average Bonchev–Trinajstić information content (AvgIpc) is 2.27. The lowest BCUT2D eigenvalue weighted by molar-refractivity contribution is -0.121. The number of aryl methyl sites for hydroxylation is 2. The van der Waals surface area contributed by atoms with Gasteiger partial charge in [-0.05, 0) is 33.3 Å². The lowest BCUT2D eigenvalue weighted by Crippen LogP contribution is -2.33. The maximum atomic E-state index is 11.5. The molecule has 0 fully saturated rings. The molecule has 0 saturated carbocycles. The number of rotatable bonds is 6. The van der Waals surface area contributed by atoms with Crippen LogP contribution >= 0.6 is 0 Å². The molecule has 1 heterocycles. The van der Waals surface area contributed by atoms with E-state index in [1.54, 1.807) is 0 Å². The zero-order valence-corrected chi connectivity index (χ0v) is 11.6. The minimum Gasteiger partial charge on any atom is -0.354 e. The van der Waals surface area contributed by atoms with E-state index in [9.17, 15) is 4.79 Å².